The monoisotopic (exact) mass is 286 g/mol. The predicted molar refractivity (Wildman–Crippen MR) is 82.0 cm³/mol. The normalized spacial score (nSPS) is 18.4. The summed E-state index contributed by atoms with van der Waals surface area (Å²) in [5.74, 6) is 0.989. The van der Waals surface area contributed by atoms with Crippen LogP contribution in [0.2, 0.25) is 0 Å². The van der Waals surface area contributed by atoms with Gasteiger partial charge in [0, 0.05) is 24.3 Å². The van der Waals surface area contributed by atoms with Gasteiger partial charge in [-0.15, -0.1) is 0 Å². The largest absolute Gasteiger partial charge is 0.388 e. The van der Waals surface area contributed by atoms with Crippen molar-refractivity contribution in [1.29, 1.82) is 0 Å². The molecule has 5 heteroatoms. The van der Waals surface area contributed by atoms with Crippen LogP contribution in [0.25, 0.3) is 0 Å². The summed E-state index contributed by atoms with van der Waals surface area (Å²) in [5, 5.41) is 14.6. The van der Waals surface area contributed by atoms with Crippen LogP contribution >= 0.6 is 0 Å². The zero-order chi connectivity index (χ0) is 14.7. The molecule has 0 spiro atoms. The van der Waals surface area contributed by atoms with Gasteiger partial charge in [-0.3, -0.25) is 0 Å². The van der Waals surface area contributed by atoms with E-state index in [0.717, 1.165) is 56.0 Å². The second-order valence-electron chi connectivity index (χ2n) is 5.54. The number of aliphatic hydroxyl groups is 1. The molecular weight excluding hydrogens is 264 g/mol. The Morgan fingerprint density at radius 3 is 3.05 bits per heavy atom. The zero-order valence-electron chi connectivity index (χ0n) is 12.4. The van der Waals surface area contributed by atoms with E-state index in [0.29, 0.717) is 0 Å². The fourth-order valence-electron chi connectivity index (χ4n) is 2.95. The highest BCUT2D eigenvalue weighted by molar-refractivity contribution is 5.55. The van der Waals surface area contributed by atoms with E-state index < -0.39 is 0 Å². The van der Waals surface area contributed by atoms with Crippen molar-refractivity contribution in [1.82, 2.24) is 14.8 Å². The molecular formula is C16H22N4O. The summed E-state index contributed by atoms with van der Waals surface area (Å²) in [4.78, 5) is 6.71. The maximum absolute atomic E-state index is 10.3. The van der Waals surface area contributed by atoms with E-state index in [1.165, 1.54) is 0 Å². The standard InChI is InChI=1S/C16H22N4O/c1-2-9-20-16(17-12-18-20)11-19-10-5-8-15(21)13-6-3-4-7-14(13)19/h3-4,6-7,12,15,21H,2,5,8-11H2,1H3. The summed E-state index contributed by atoms with van der Waals surface area (Å²) in [6.07, 6.45) is 4.11. The van der Waals surface area contributed by atoms with Gasteiger partial charge >= 0.3 is 0 Å². The summed E-state index contributed by atoms with van der Waals surface area (Å²) >= 11 is 0. The molecule has 1 aromatic carbocycles. The van der Waals surface area contributed by atoms with E-state index in [9.17, 15) is 5.11 Å². The molecule has 2 aromatic rings. The number of anilines is 1. The minimum Gasteiger partial charge on any atom is -0.388 e. The molecule has 0 bridgehead atoms. The van der Waals surface area contributed by atoms with Crippen LogP contribution in [0.3, 0.4) is 0 Å². The van der Waals surface area contributed by atoms with Gasteiger partial charge in [-0.25, -0.2) is 9.67 Å². The van der Waals surface area contributed by atoms with E-state index >= 15 is 0 Å². The molecule has 1 N–H and O–H groups in total. The summed E-state index contributed by atoms with van der Waals surface area (Å²) in [6, 6.07) is 8.13. The van der Waals surface area contributed by atoms with Crippen molar-refractivity contribution >= 4 is 5.69 Å². The first-order valence-electron chi connectivity index (χ1n) is 7.68. The van der Waals surface area contributed by atoms with Crippen LogP contribution in [0.4, 0.5) is 5.69 Å². The average molecular weight is 286 g/mol. The van der Waals surface area contributed by atoms with Gasteiger partial charge in [0.25, 0.3) is 0 Å². The number of fused-ring (bicyclic) bond motifs is 1. The van der Waals surface area contributed by atoms with Gasteiger partial charge in [0.05, 0.1) is 12.6 Å². The van der Waals surface area contributed by atoms with Gasteiger partial charge in [-0.05, 0) is 25.3 Å². The molecule has 1 unspecified atom stereocenters. The topological polar surface area (TPSA) is 54.2 Å². The Kier molecular flexibility index (Phi) is 4.20. The third-order valence-corrected chi connectivity index (χ3v) is 4.01. The molecule has 1 aliphatic rings. The molecule has 0 fully saturated rings. The molecule has 5 nitrogen and oxygen atoms in total. The maximum atomic E-state index is 10.3. The second-order valence-corrected chi connectivity index (χ2v) is 5.54. The minimum absolute atomic E-state index is 0.361. The van der Waals surface area contributed by atoms with E-state index in [1.54, 1.807) is 6.33 Å². The van der Waals surface area contributed by atoms with Gasteiger partial charge in [0.2, 0.25) is 0 Å². The van der Waals surface area contributed by atoms with Gasteiger partial charge in [-0.2, -0.15) is 5.10 Å². The SMILES string of the molecule is CCCn1ncnc1CN1CCCC(O)c2ccccc21. The first-order chi connectivity index (χ1) is 10.3. The van der Waals surface area contributed by atoms with Crippen LogP contribution in [0.1, 0.15) is 43.7 Å². The molecule has 112 valence electrons. The molecule has 0 saturated heterocycles. The summed E-state index contributed by atoms with van der Waals surface area (Å²) < 4.78 is 1.98. The van der Waals surface area contributed by atoms with Crippen molar-refractivity contribution in [3.8, 4) is 0 Å². The highest BCUT2D eigenvalue weighted by Gasteiger charge is 2.22. The van der Waals surface area contributed by atoms with Crippen LogP contribution in [0.5, 0.6) is 0 Å². The van der Waals surface area contributed by atoms with Crippen LogP contribution in [-0.2, 0) is 13.1 Å². The lowest BCUT2D eigenvalue weighted by Gasteiger charge is -2.24. The molecule has 2 heterocycles. The number of aromatic nitrogens is 3. The number of aryl methyl sites for hydroxylation is 1. The molecule has 3 rings (SSSR count). The van der Waals surface area contributed by atoms with Crippen molar-refractivity contribution in [2.75, 3.05) is 11.4 Å². The van der Waals surface area contributed by atoms with Crippen molar-refractivity contribution < 1.29 is 5.11 Å². The molecule has 21 heavy (non-hydrogen) atoms. The van der Waals surface area contributed by atoms with Crippen LogP contribution in [-0.4, -0.2) is 26.4 Å². The molecule has 1 aromatic heterocycles. The fraction of sp³-hybridized carbons (Fsp3) is 0.500. The van der Waals surface area contributed by atoms with E-state index in [-0.39, 0.29) is 6.10 Å². The Hall–Kier alpha value is -1.88. The quantitative estimate of drug-likeness (QED) is 0.938. The zero-order valence-corrected chi connectivity index (χ0v) is 12.4. The smallest absolute Gasteiger partial charge is 0.146 e. The van der Waals surface area contributed by atoms with Crippen molar-refractivity contribution in [3.05, 3.63) is 42.0 Å². The van der Waals surface area contributed by atoms with Gasteiger partial charge in [0.1, 0.15) is 12.2 Å². The first-order valence-corrected chi connectivity index (χ1v) is 7.68. The third-order valence-electron chi connectivity index (χ3n) is 4.01. The third kappa shape index (κ3) is 2.93. The number of hydrogen-bond donors (Lipinski definition) is 1. The van der Waals surface area contributed by atoms with Crippen LogP contribution in [0, 0.1) is 0 Å². The molecule has 0 aliphatic carbocycles. The number of aliphatic hydroxyl groups excluding tert-OH is 1. The molecule has 0 amide bonds. The molecule has 1 atom stereocenters. The number of para-hydroxylation sites is 1. The number of hydrogen-bond acceptors (Lipinski definition) is 4. The summed E-state index contributed by atoms with van der Waals surface area (Å²) in [6.45, 7) is 4.72. The minimum atomic E-state index is -0.361. The molecule has 0 saturated carbocycles. The number of nitrogens with zero attached hydrogens (tertiary/aromatic N) is 4. The second kappa shape index (κ2) is 6.26. The lowest BCUT2D eigenvalue weighted by molar-refractivity contribution is 0.168. The van der Waals surface area contributed by atoms with Crippen molar-refractivity contribution in [2.45, 2.75) is 45.4 Å². The van der Waals surface area contributed by atoms with Crippen molar-refractivity contribution in [2.24, 2.45) is 0 Å². The van der Waals surface area contributed by atoms with Gasteiger partial charge in [-0.1, -0.05) is 25.1 Å². The Morgan fingerprint density at radius 2 is 2.19 bits per heavy atom. The first kappa shape index (κ1) is 14.1. The summed E-state index contributed by atoms with van der Waals surface area (Å²) in [7, 11) is 0. The van der Waals surface area contributed by atoms with Crippen molar-refractivity contribution in [3.63, 3.8) is 0 Å². The fourth-order valence-corrected chi connectivity index (χ4v) is 2.95. The Labute approximate surface area is 125 Å². The van der Waals surface area contributed by atoms with Gasteiger partial charge in [0.15, 0.2) is 0 Å². The molecule has 0 radical (unpaired) electrons. The van der Waals surface area contributed by atoms with E-state index in [1.807, 2.05) is 22.9 Å². The van der Waals surface area contributed by atoms with Gasteiger partial charge < -0.3 is 10.0 Å². The Morgan fingerprint density at radius 1 is 1.33 bits per heavy atom. The maximum Gasteiger partial charge on any atom is 0.146 e. The Balaban J connectivity index is 1.88. The lowest BCUT2D eigenvalue weighted by atomic mass is 10.0. The average Bonchev–Trinajstić information content (AvgIpc) is 2.87. The predicted octanol–water partition coefficient (Wildman–Crippen LogP) is 2.52. The Bertz CT molecular complexity index is 595. The summed E-state index contributed by atoms with van der Waals surface area (Å²) in [5.41, 5.74) is 2.14. The highest BCUT2D eigenvalue weighted by atomic mass is 16.3. The lowest BCUT2D eigenvalue weighted by Crippen LogP contribution is -2.26. The number of rotatable bonds is 4. The van der Waals surface area contributed by atoms with Crippen LogP contribution < -0.4 is 4.90 Å². The number of benzene rings is 1. The van der Waals surface area contributed by atoms with E-state index in [2.05, 4.69) is 28.0 Å². The highest BCUT2D eigenvalue weighted by Crippen LogP contribution is 2.33. The van der Waals surface area contributed by atoms with Crippen LogP contribution in [0.15, 0.2) is 30.6 Å². The molecule has 1 aliphatic heterocycles. The van der Waals surface area contributed by atoms with E-state index in [4.69, 9.17) is 0 Å².